The lowest BCUT2D eigenvalue weighted by molar-refractivity contribution is -0.0262. The quantitative estimate of drug-likeness (QED) is 0.503. The van der Waals surface area contributed by atoms with Crippen molar-refractivity contribution in [2.75, 3.05) is 27.2 Å². The van der Waals surface area contributed by atoms with E-state index >= 15 is 0 Å². The summed E-state index contributed by atoms with van der Waals surface area (Å²) >= 11 is 0. The molecular weight excluding hydrogens is 444 g/mol. The molecule has 35 heavy (non-hydrogen) atoms. The van der Waals surface area contributed by atoms with Crippen LogP contribution in [0, 0.1) is 0 Å². The number of nitrogens with one attached hydrogen (secondary N) is 1. The van der Waals surface area contributed by atoms with Gasteiger partial charge >= 0.3 is 6.03 Å². The minimum Gasteiger partial charge on any atom is -0.508 e. The molecule has 1 unspecified atom stereocenters. The molecule has 0 saturated carbocycles. The van der Waals surface area contributed by atoms with Crippen LogP contribution in [0.1, 0.15) is 43.6 Å². The number of phenols is 1. The van der Waals surface area contributed by atoms with Gasteiger partial charge < -0.3 is 29.7 Å². The number of phenolic OH excluding ortho intramolecular Hbond substituents is 1. The molecule has 0 bridgehead atoms. The summed E-state index contributed by atoms with van der Waals surface area (Å²) in [5.41, 5.74) is 2.84. The van der Waals surface area contributed by atoms with E-state index in [9.17, 15) is 15.0 Å². The number of aliphatic hydroxyl groups excluding tert-OH is 1. The molecule has 1 saturated heterocycles. The molecule has 3 heterocycles. The highest BCUT2D eigenvalue weighted by molar-refractivity contribution is 5.89. The Morgan fingerprint density at radius 2 is 2.03 bits per heavy atom. The van der Waals surface area contributed by atoms with Crippen molar-refractivity contribution in [2.45, 2.75) is 51.0 Å². The van der Waals surface area contributed by atoms with Crippen LogP contribution < -0.4 is 4.74 Å². The summed E-state index contributed by atoms with van der Waals surface area (Å²) < 4.78 is 5.48. The molecule has 3 atom stereocenters. The number of aromatic nitrogens is 1. The van der Waals surface area contributed by atoms with Gasteiger partial charge in [0.25, 0.3) is 0 Å². The molecule has 3 N–H and O–H groups in total. The summed E-state index contributed by atoms with van der Waals surface area (Å²) in [4.78, 5) is 23.0. The Morgan fingerprint density at radius 3 is 2.71 bits per heavy atom. The fourth-order valence-electron chi connectivity index (χ4n) is 5.54. The first-order chi connectivity index (χ1) is 16.7. The second-order valence-electron chi connectivity index (χ2n) is 10.3. The highest BCUT2D eigenvalue weighted by Gasteiger charge is 2.59. The Hall–Kier alpha value is -3.23. The Bertz CT molecular complexity index is 1270. The van der Waals surface area contributed by atoms with E-state index in [1.807, 2.05) is 38.2 Å². The maximum Gasteiger partial charge on any atom is 0.323 e. The molecule has 8 heteroatoms. The molecule has 2 aliphatic heterocycles. The van der Waals surface area contributed by atoms with Crippen LogP contribution in [-0.4, -0.2) is 81.0 Å². The van der Waals surface area contributed by atoms with Crippen LogP contribution in [0.5, 0.6) is 11.5 Å². The summed E-state index contributed by atoms with van der Waals surface area (Å²) in [5, 5.41) is 22.9. The fraction of sp³-hybridized carbons (Fsp3) is 0.444. The number of aromatic hydroxyl groups is 1. The van der Waals surface area contributed by atoms with Gasteiger partial charge in [-0.15, -0.1) is 0 Å². The zero-order valence-corrected chi connectivity index (χ0v) is 20.9. The normalized spacial score (nSPS) is 23.9. The van der Waals surface area contributed by atoms with Gasteiger partial charge in [-0.3, -0.25) is 4.90 Å². The van der Waals surface area contributed by atoms with E-state index in [4.69, 9.17) is 4.74 Å². The van der Waals surface area contributed by atoms with Gasteiger partial charge in [0.05, 0.1) is 12.6 Å². The first-order valence-electron chi connectivity index (χ1n) is 12.1. The molecule has 2 aliphatic rings. The van der Waals surface area contributed by atoms with Gasteiger partial charge in [-0.05, 0) is 69.3 Å². The zero-order chi connectivity index (χ0) is 25.1. The molecular formula is C27H34N4O4. The van der Waals surface area contributed by atoms with Gasteiger partial charge in [0.15, 0.2) is 6.23 Å². The second-order valence-corrected chi connectivity index (χ2v) is 10.3. The van der Waals surface area contributed by atoms with Crippen LogP contribution in [0.2, 0.25) is 0 Å². The zero-order valence-electron chi connectivity index (χ0n) is 20.9. The second kappa shape index (κ2) is 8.46. The number of methoxy groups -OCH3 is 1. The number of aromatic amines is 1. The van der Waals surface area contributed by atoms with Crippen molar-refractivity contribution in [1.82, 2.24) is 19.7 Å². The van der Waals surface area contributed by atoms with Gasteiger partial charge in [-0.1, -0.05) is 12.1 Å². The molecule has 0 spiro atoms. The Kier molecular flexibility index (Phi) is 5.68. The third kappa shape index (κ3) is 3.63. The van der Waals surface area contributed by atoms with E-state index < -0.39 is 17.8 Å². The van der Waals surface area contributed by atoms with E-state index in [0.29, 0.717) is 25.6 Å². The van der Waals surface area contributed by atoms with Gasteiger partial charge in [0.2, 0.25) is 0 Å². The number of H-pyrrole nitrogens is 1. The van der Waals surface area contributed by atoms with Crippen LogP contribution >= 0.6 is 0 Å². The number of urea groups is 1. The number of nitrogens with zero attached hydrogens (tertiary/aromatic N) is 3. The first kappa shape index (κ1) is 23.5. The van der Waals surface area contributed by atoms with Crippen molar-refractivity contribution in [3.05, 3.63) is 59.3 Å². The minimum atomic E-state index is -0.973. The third-order valence-electron chi connectivity index (χ3n) is 7.83. The number of ether oxygens (including phenoxy) is 1. The van der Waals surface area contributed by atoms with E-state index in [1.54, 1.807) is 35.1 Å². The Labute approximate surface area is 205 Å². The van der Waals surface area contributed by atoms with E-state index in [0.717, 1.165) is 33.5 Å². The SMILES string of the molecule is COc1ccc2[nH]c3c(c2c1)C[C@@]1(C)C(O)N(CCN(C)C(C)C)C(=O)N1[C@@H]3c1cccc(O)c1. The number of hydrogen-bond donors (Lipinski definition) is 3. The average molecular weight is 479 g/mol. The summed E-state index contributed by atoms with van der Waals surface area (Å²) in [7, 11) is 3.66. The number of aliphatic hydroxyl groups is 1. The Balaban J connectivity index is 1.65. The number of rotatable bonds is 6. The average Bonchev–Trinajstić information content (AvgIpc) is 3.27. The van der Waals surface area contributed by atoms with Crippen LogP contribution in [0.4, 0.5) is 4.79 Å². The van der Waals surface area contributed by atoms with E-state index in [1.165, 1.54) is 0 Å². The minimum absolute atomic E-state index is 0.136. The highest BCUT2D eigenvalue weighted by Crippen LogP contribution is 2.50. The standard InChI is InChI=1S/C27H34N4O4/c1-16(2)29(4)11-12-30-25(33)27(3)15-21-20-14-19(35-5)9-10-22(20)28-23(21)24(31(27)26(30)34)17-7-6-8-18(32)13-17/h6-10,13-14,16,24-25,28,32-33H,11-12,15H2,1-5H3/t24-,25?,27+/m1/s1. The smallest absolute Gasteiger partial charge is 0.323 e. The van der Waals surface area contributed by atoms with Crippen LogP contribution in [0.25, 0.3) is 10.9 Å². The lowest BCUT2D eigenvalue weighted by Gasteiger charge is -2.44. The highest BCUT2D eigenvalue weighted by atomic mass is 16.5. The van der Waals surface area contributed by atoms with Gasteiger partial charge in [0.1, 0.15) is 17.5 Å². The van der Waals surface area contributed by atoms with Gasteiger partial charge in [-0.2, -0.15) is 0 Å². The van der Waals surface area contributed by atoms with Crippen molar-refractivity contribution in [3.63, 3.8) is 0 Å². The fourth-order valence-corrected chi connectivity index (χ4v) is 5.54. The Morgan fingerprint density at radius 1 is 1.26 bits per heavy atom. The number of benzene rings is 2. The van der Waals surface area contributed by atoms with Gasteiger partial charge in [0, 0.05) is 42.1 Å². The van der Waals surface area contributed by atoms with Gasteiger partial charge in [-0.25, -0.2) is 4.79 Å². The maximum atomic E-state index is 13.9. The number of likely N-dealkylation sites (N-methyl/N-ethyl adjacent to an activating group) is 1. The monoisotopic (exact) mass is 478 g/mol. The van der Waals surface area contributed by atoms with Crippen molar-refractivity contribution in [3.8, 4) is 11.5 Å². The summed E-state index contributed by atoms with van der Waals surface area (Å²) in [5.74, 6) is 0.888. The molecule has 0 radical (unpaired) electrons. The largest absolute Gasteiger partial charge is 0.508 e. The third-order valence-corrected chi connectivity index (χ3v) is 7.83. The molecule has 3 aromatic rings. The number of fused-ring (bicyclic) bond motifs is 4. The first-order valence-corrected chi connectivity index (χ1v) is 12.1. The number of hydrogen-bond acceptors (Lipinski definition) is 5. The molecule has 8 nitrogen and oxygen atoms in total. The maximum absolute atomic E-state index is 13.9. The lowest BCUT2D eigenvalue weighted by atomic mass is 9.80. The van der Waals surface area contributed by atoms with Crippen molar-refractivity contribution < 1.29 is 19.7 Å². The number of amides is 2. The summed E-state index contributed by atoms with van der Waals surface area (Å²) in [6.45, 7) is 7.26. The predicted molar refractivity (Wildman–Crippen MR) is 135 cm³/mol. The summed E-state index contributed by atoms with van der Waals surface area (Å²) in [6, 6.07) is 12.6. The van der Waals surface area contributed by atoms with Crippen LogP contribution in [0.15, 0.2) is 42.5 Å². The molecule has 0 aliphatic carbocycles. The molecule has 2 amide bonds. The summed E-state index contributed by atoms with van der Waals surface area (Å²) in [6.07, 6.45) is -0.479. The number of carbonyl (C=O) groups excluding carboxylic acids is 1. The topological polar surface area (TPSA) is 92.3 Å². The molecule has 1 aromatic heterocycles. The number of carbonyl (C=O) groups is 1. The van der Waals surface area contributed by atoms with Crippen LogP contribution in [0.3, 0.4) is 0 Å². The predicted octanol–water partition coefficient (Wildman–Crippen LogP) is 3.68. The van der Waals surface area contributed by atoms with Crippen molar-refractivity contribution in [1.29, 1.82) is 0 Å². The van der Waals surface area contributed by atoms with Crippen LogP contribution in [-0.2, 0) is 6.42 Å². The molecule has 2 aromatic carbocycles. The molecule has 1 fully saturated rings. The van der Waals surface area contributed by atoms with Crippen molar-refractivity contribution >= 4 is 16.9 Å². The van der Waals surface area contributed by atoms with Crippen molar-refractivity contribution in [2.24, 2.45) is 0 Å². The molecule has 186 valence electrons. The van der Waals surface area contributed by atoms with E-state index in [2.05, 4.69) is 23.7 Å². The van der Waals surface area contributed by atoms with E-state index in [-0.39, 0.29) is 11.8 Å². The lowest BCUT2D eigenvalue weighted by Crippen LogP contribution is -2.55. The molecule has 5 rings (SSSR count).